The minimum Gasteiger partial charge on any atom is -0.292 e. The fourth-order valence-corrected chi connectivity index (χ4v) is 1.52. The summed E-state index contributed by atoms with van der Waals surface area (Å²) in [7, 11) is 0. The maximum Gasteiger partial charge on any atom is 0.184 e. The number of carbonyl (C=O) groups excluding carboxylic acids is 2. The van der Waals surface area contributed by atoms with Gasteiger partial charge >= 0.3 is 0 Å². The summed E-state index contributed by atoms with van der Waals surface area (Å²) in [6.07, 6.45) is 3.90. The van der Waals surface area contributed by atoms with E-state index in [-0.39, 0.29) is 30.0 Å². The van der Waals surface area contributed by atoms with Gasteiger partial charge in [0.25, 0.3) is 0 Å². The molecule has 0 amide bonds. The standard InChI is InChI=1S/C15H15FN2O2/c1-3-6-11(16)15(17-2)14(20)9-8-13(19)12-7-4-5-10-18-12/h3-7,10H,2,8-9H2,1H3. The number of Topliss-reactive ketones (excluding diaryl/α,β-unsaturated/α-hetero) is 2. The smallest absolute Gasteiger partial charge is 0.184 e. The van der Waals surface area contributed by atoms with E-state index in [0.717, 1.165) is 6.08 Å². The summed E-state index contributed by atoms with van der Waals surface area (Å²) in [4.78, 5) is 30.8. The Morgan fingerprint density at radius 2 is 2.15 bits per heavy atom. The lowest BCUT2D eigenvalue weighted by atomic mass is 10.1. The van der Waals surface area contributed by atoms with Crippen LogP contribution in [0.1, 0.15) is 30.3 Å². The van der Waals surface area contributed by atoms with Gasteiger partial charge in [0, 0.05) is 19.0 Å². The van der Waals surface area contributed by atoms with Crippen LogP contribution in [0.15, 0.2) is 53.1 Å². The van der Waals surface area contributed by atoms with Crippen LogP contribution in [0.4, 0.5) is 4.39 Å². The van der Waals surface area contributed by atoms with Gasteiger partial charge in [0.2, 0.25) is 0 Å². The van der Waals surface area contributed by atoms with Crippen LogP contribution in [0.3, 0.4) is 0 Å². The molecule has 0 unspecified atom stereocenters. The highest BCUT2D eigenvalue weighted by Crippen LogP contribution is 2.14. The first-order valence-corrected chi connectivity index (χ1v) is 6.06. The SMILES string of the molecule is C=NC(C(=O)CCC(=O)c1ccccn1)=C(F)C=CC. The summed E-state index contributed by atoms with van der Waals surface area (Å²) in [6, 6.07) is 4.94. The number of rotatable bonds is 7. The molecule has 0 atom stereocenters. The fraction of sp³-hybridized carbons (Fsp3) is 0.200. The number of hydrogen-bond donors (Lipinski definition) is 0. The minimum absolute atomic E-state index is 0.0437. The molecule has 1 rings (SSSR count). The quantitative estimate of drug-likeness (QED) is 0.332. The van der Waals surface area contributed by atoms with Gasteiger partial charge in [-0.3, -0.25) is 19.6 Å². The van der Waals surface area contributed by atoms with Crippen molar-refractivity contribution in [1.29, 1.82) is 0 Å². The molecule has 0 aliphatic rings. The first kappa shape index (κ1) is 15.6. The Balaban J connectivity index is 2.70. The van der Waals surface area contributed by atoms with Crippen molar-refractivity contribution in [2.45, 2.75) is 19.8 Å². The molecule has 0 spiro atoms. The predicted octanol–water partition coefficient (Wildman–Crippen LogP) is 3.07. The zero-order valence-electron chi connectivity index (χ0n) is 11.2. The Labute approximate surface area is 116 Å². The number of hydrogen-bond acceptors (Lipinski definition) is 4. The van der Waals surface area contributed by atoms with Gasteiger partial charge in [-0.05, 0) is 31.9 Å². The highest BCUT2D eigenvalue weighted by molar-refractivity contribution is 6.01. The number of nitrogens with zero attached hydrogens (tertiary/aromatic N) is 2. The minimum atomic E-state index is -0.752. The molecule has 1 aromatic heterocycles. The summed E-state index contributed by atoms with van der Waals surface area (Å²) in [5, 5.41) is 0. The highest BCUT2D eigenvalue weighted by Gasteiger charge is 2.15. The van der Waals surface area contributed by atoms with Gasteiger partial charge < -0.3 is 0 Å². The molecular weight excluding hydrogens is 259 g/mol. The van der Waals surface area contributed by atoms with Gasteiger partial charge in [0.15, 0.2) is 17.4 Å². The second kappa shape index (κ2) is 7.89. The Morgan fingerprint density at radius 3 is 2.70 bits per heavy atom. The summed E-state index contributed by atoms with van der Waals surface area (Å²) in [6.45, 7) is 4.79. The summed E-state index contributed by atoms with van der Waals surface area (Å²) < 4.78 is 13.5. The van der Waals surface area contributed by atoms with E-state index in [9.17, 15) is 14.0 Å². The van der Waals surface area contributed by atoms with Crippen molar-refractivity contribution in [3.05, 3.63) is 53.8 Å². The lowest BCUT2D eigenvalue weighted by Crippen LogP contribution is -2.08. The number of allylic oxidation sites excluding steroid dienone is 4. The third kappa shape index (κ3) is 4.35. The van der Waals surface area contributed by atoms with Crippen molar-refractivity contribution in [3.63, 3.8) is 0 Å². The first-order valence-electron chi connectivity index (χ1n) is 6.06. The molecule has 0 radical (unpaired) electrons. The second-order valence-corrected chi connectivity index (χ2v) is 3.92. The van der Waals surface area contributed by atoms with Crippen molar-refractivity contribution in [2.75, 3.05) is 0 Å². The van der Waals surface area contributed by atoms with Crippen LogP contribution in [0, 0.1) is 0 Å². The molecule has 0 saturated carbocycles. The van der Waals surface area contributed by atoms with Gasteiger partial charge in [-0.2, -0.15) is 0 Å². The molecule has 0 N–H and O–H groups in total. The maximum absolute atomic E-state index is 13.5. The molecule has 4 nitrogen and oxygen atoms in total. The average molecular weight is 274 g/mol. The van der Waals surface area contributed by atoms with Crippen LogP contribution in [-0.2, 0) is 4.79 Å². The second-order valence-electron chi connectivity index (χ2n) is 3.92. The summed E-state index contributed by atoms with van der Waals surface area (Å²) in [5.74, 6) is -1.58. The Hall–Kier alpha value is -2.43. The molecule has 0 aliphatic carbocycles. The first-order chi connectivity index (χ1) is 9.60. The number of halogens is 1. The lowest BCUT2D eigenvalue weighted by Gasteiger charge is -2.02. The molecule has 5 heteroatoms. The molecule has 20 heavy (non-hydrogen) atoms. The fourth-order valence-electron chi connectivity index (χ4n) is 1.52. The third-order valence-corrected chi connectivity index (χ3v) is 2.49. The van der Waals surface area contributed by atoms with Crippen LogP contribution in [-0.4, -0.2) is 23.3 Å². The zero-order chi connectivity index (χ0) is 15.0. The average Bonchev–Trinajstić information content (AvgIpc) is 2.46. The van der Waals surface area contributed by atoms with Gasteiger partial charge in [-0.1, -0.05) is 12.1 Å². The Morgan fingerprint density at radius 1 is 1.40 bits per heavy atom. The molecule has 0 aliphatic heterocycles. The van der Waals surface area contributed by atoms with Crippen molar-refractivity contribution < 1.29 is 14.0 Å². The van der Waals surface area contributed by atoms with Crippen LogP contribution in [0.5, 0.6) is 0 Å². The summed E-state index contributed by atoms with van der Waals surface area (Å²) in [5.41, 5.74) is -0.0664. The van der Waals surface area contributed by atoms with E-state index < -0.39 is 11.6 Å². The van der Waals surface area contributed by atoms with E-state index in [4.69, 9.17) is 0 Å². The molecule has 0 aromatic carbocycles. The molecule has 1 aromatic rings. The molecule has 0 saturated heterocycles. The van der Waals surface area contributed by atoms with E-state index in [1.54, 1.807) is 25.1 Å². The van der Waals surface area contributed by atoms with Crippen LogP contribution >= 0.6 is 0 Å². The van der Waals surface area contributed by atoms with Crippen molar-refractivity contribution in [1.82, 2.24) is 4.98 Å². The van der Waals surface area contributed by atoms with Crippen molar-refractivity contribution in [2.24, 2.45) is 4.99 Å². The number of pyridine rings is 1. The molecular formula is C15H15FN2O2. The van der Waals surface area contributed by atoms with Gasteiger partial charge in [0.1, 0.15) is 11.4 Å². The predicted molar refractivity (Wildman–Crippen MR) is 75.3 cm³/mol. The van der Waals surface area contributed by atoms with E-state index in [1.165, 1.54) is 12.3 Å². The number of carbonyl (C=O) groups is 2. The molecule has 1 heterocycles. The van der Waals surface area contributed by atoms with Crippen LogP contribution in [0.2, 0.25) is 0 Å². The van der Waals surface area contributed by atoms with Crippen LogP contribution < -0.4 is 0 Å². The van der Waals surface area contributed by atoms with E-state index >= 15 is 0 Å². The van der Waals surface area contributed by atoms with Gasteiger partial charge in [-0.25, -0.2) is 4.39 Å². The number of ketones is 2. The highest BCUT2D eigenvalue weighted by atomic mass is 19.1. The van der Waals surface area contributed by atoms with Crippen LogP contribution in [0.25, 0.3) is 0 Å². The third-order valence-electron chi connectivity index (χ3n) is 2.49. The van der Waals surface area contributed by atoms with Gasteiger partial charge in [0.05, 0.1) is 0 Å². The maximum atomic E-state index is 13.5. The van der Waals surface area contributed by atoms with Gasteiger partial charge in [-0.15, -0.1) is 0 Å². The molecule has 0 bridgehead atoms. The zero-order valence-corrected chi connectivity index (χ0v) is 11.2. The Bertz CT molecular complexity index is 562. The monoisotopic (exact) mass is 274 g/mol. The largest absolute Gasteiger partial charge is 0.292 e. The van der Waals surface area contributed by atoms with E-state index in [0.29, 0.717) is 0 Å². The number of aromatic nitrogens is 1. The topological polar surface area (TPSA) is 59.4 Å². The number of aliphatic imine (C=N–C) groups is 1. The molecule has 104 valence electrons. The van der Waals surface area contributed by atoms with Crippen molar-refractivity contribution >= 4 is 18.3 Å². The van der Waals surface area contributed by atoms with E-state index in [2.05, 4.69) is 16.7 Å². The van der Waals surface area contributed by atoms with E-state index in [1.807, 2.05) is 0 Å². The Kier molecular flexibility index (Phi) is 6.16. The molecule has 0 fully saturated rings. The summed E-state index contributed by atoms with van der Waals surface area (Å²) >= 11 is 0. The normalized spacial score (nSPS) is 12.1. The lowest BCUT2D eigenvalue weighted by molar-refractivity contribution is -0.115. The van der Waals surface area contributed by atoms with Crippen molar-refractivity contribution in [3.8, 4) is 0 Å².